The molecule has 98 valence electrons. The lowest BCUT2D eigenvalue weighted by atomic mass is 9.85. The summed E-state index contributed by atoms with van der Waals surface area (Å²) in [4.78, 5) is 5.19. The van der Waals surface area contributed by atoms with Gasteiger partial charge in [-0.25, -0.2) is 0 Å². The van der Waals surface area contributed by atoms with Crippen LogP contribution in [0, 0.1) is 0 Å². The Bertz CT molecular complexity index is 412. The molecule has 0 saturated carbocycles. The lowest BCUT2D eigenvalue weighted by Crippen LogP contribution is -2.33. The van der Waals surface area contributed by atoms with E-state index in [0.29, 0.717) is 0 Å². The van der Waals surface area contributed by atoms with E-state index in [-0.39, 0.29) is 5.92 Å². The second-order valence-electron chi connectivity index (χ2n) is 5.03. The maximum atomic E-state index is 10.3. The summed E-state index contributed by atoms with van der Waals surface area (Å²) in [6.07, 6.45) is 4.35. The zero-order chi connectivity index (χ0) is 13.0. The van der Waals surface area contributed by atoms with E-state index in [0.717, 1.165) is 24.1 Å². The first-order chi connectivity index (χ1) is 8.65. The van der Waals surface area contributed by atoms with E-state index in [1.54, 1.807) is 6.92 Å². The first-order valence-electron chi connectivity index (χ1n) is 6.67. The van der Waals surface area contributed by atoms with Gasteiger partial charge in [0.1, 0.15) is 0 Å². The molecule has 2 rings (SSSR count). The molecule has 1 aliphatic rings. The minimum absolute atomic E-state index is 0.143. The molecule has 2 atom stereocenters. The van der Waals surface area contributed by atoms with E-state index in [1.807, 2.05) is 30.3 Å². The molecular formula is C15H21NO2. The van der Waals surface area contributed by atoms with Crippen molar-refractivity contribution in [2.75, 3.05) is 0 Å². The van der Waals surface area contributed by atoms with Gasteiger partial charge in [-0.2, -0.15) is 0 Å². The Balaban J connectivity index is 2.15. The minimum Gasteiger partial charge on any atom is -0.360 e. The van der Waals surface area contributed by atoms with Crippen LogP contribution < -0.4 is 0 Å². The highest BCUT2D eigenvalue weighted by Gasteiger charge is 2.43. The van der Waals surface area contributed by atoms with E-state index in [9.17, 15) is 5.11 Å². The Morgan fingerprint density at radius 2 is 2.00 bits per heavy atom. The second-order valence-corrected chi connectivity index (χ2v) is 5.03. The number of hydrogen-bond donors (Lipinski definition) is 1. The first kappa shape index (κ1) is 13.1. The molecule has 3 nitrogen and oxygen atoms in total. The van der Waals surface area contributed by atoms with Gasteiger partial charge in [-0.3, -0.25) is 0 Å². The Hall–Kier alpha value is -1.35. The van der Waals surface area contributed by atoms with E-state index >= 15 is 0 Å². The number of rotatable bonds is 5. The van der Waals surface area contributed by atoms with Crippen LogP contribution in [0.5, 0.6) is 0 Å². The molecule has 0 aromatic heterocycles. The molecular weight excluding hydrogens is 226 g/mol. The molecule has 18 heavy (non-hydrogen) atoms. The third-order valence-corrected chi connectivity index (χ3v) is 3.39. The molecule has 0 amide bonds. The molecule has 0 fully saturated rings. The summed E-state index contributed by atoms with van der Waals surface area (Å²) in [5, 5.41) is 14.4. The van der Waals surface area contributed by atoms with Crippen LogP contribution in [0.25, 0.3) is 0 Å². The molecule has 1 aliphatic heterocycles. The predicted octanol–water partition coefficient (Wildman–Crippen LogP) is 3.45. The van der Waals surface area contributed by atoms with Crippen molar-refractivity contribution in [2.24, 2.45) is 5.16 Å². The largest absolute Gasteiger partial charge is 0.360 e. The zero-order valence-electron chi connectivity index (χ0n) is 11.1. The Labute approximate surface area is 108 Å². The molecule has 1 heterocycles. The summed E-state index contributed by atoms with van der Waals surface area (Å²) in [6, 6.07) is 9.97. The number of oxime groups is 1. The van der Waals surface area contributed by atoms with Crippen LogP contribution in [-0.4, -0.2) is 16.6 Å². The molecule has 1 aromatic carbocycles. The maximum Gasteiger partial charge on any atom is 0.243 e. The highest BCUT2D eigenvalue weighted by atomic mass is 16.7. The van der Waals surface area contributed by atoms with E-state index in [1.165, 1.54) is 12.8 Å². The number of hydrogen-bond acceptors (Lipinski definition) is 3. The van der Waals surface area contributed by atoms with Crippen molar-refractivity contribution in [3.63, 3.8) is 0 Å². The number of benzene rings is 1. The molecule has 0 bridgehead atoms. The number of aliphatic hydroxyl groups is 1. The van der Waals surface area contributed by atoms with Gasteiger partial charge in [0.2, 0.25) is 5.79 Å². The zero-order valence-corrected chi connectivity index (χ0v) is 11.1. The van der Waals surface area contributed by atoms with Crippen LogP contribution in [-0.2, 0) is 4.84 Å². The van der Waals surface area contributed by atoms with Gasteiger partial charge in [0, 0.05) is 6.92 Å². The van der Waals surface area contributed by atoms with Gasteiger partial charge in [0.05, 0.1) is 11.6 Å². The molecule has 1 aromatic rings. The van der Waals surface area contributed by atoms with E-state index in [2.05, 4.69) is 12.1 Å². The van der Waals surface area contributed by atoms with Crippen molar-refractivity contribution in [3.05, 3.63) is 35.9 Å². The molecule has 0 aliphatic carbocycles. The standard InChI is InChI=1S/C15H21NO2/c1-3-4-6-11-13-14(15(2,17)18-16-13)12-9-7-5-8-10-12/h5,7-10,14,17H,3-4,6,11H2,1-2H3. The lowest BCUT2D eigenvalue weighted by molar-refractivity contribution is -0.179. The minimum atomic E-state index is -1.22. The third-order valence-electron chi connectivity index (χ3n) is 3.39. The number of nitrogens with zero attached hydrogens (tertiary/aromatic N) is 1. The highest BCUT2D eigenvalue weighted by molar-refractivity contribution is 5.92. The van der Waals surface area contributed by atoms with Gasteiger partial charge in [-0.1, -0.05) is 55.3 Å². The Morgan fingerprint density at radius 1 is 1.28 bits per heavy atom. The van der Waals surface area contributed by atoms with Crippen LogP contribution in [0.4, 0.5) is 0 Å². The van der Waals surface area contributed by atoms with Gasteiger partial charge in [0.15, 0.2) is 0 Å². The van der Waals surface area contributed by atoms with Gasteiger partial charge >= 0.3 is 0 Å². The van der Waals surface area contributed by atoms with Gasteiger partial charge in [-0.15, -0.1) is 0 Å². The summed E-state index contributed by atoms with van der Waals surface area (Å²) in [6.45, 7) is 3.86. The van der Waals surface area contributed by atoms with Crippen LogP contribution >= 0.6 is 0 Å². The van der Waals surface area contributed by atoms with Crippen LogP contribution in [0.2, 0.25) is 0 Å². The normalized spacial score (nSPS) is 26.8. The van der Waals surface area contributed by atoms with E-state index < -0.39 is 5.79 Å². The van der Waals surface area contributed by atoms with Crippen LogP contribution in [0.1, 0.15) is 51.0 Å². The fourth-order valence-corrected chi connectivity index (χ4v) is 2.46. The predicted molar refractivity (Wildman–Crippen MR) is 72.5 cm³/mol. The van der Waals surface area contributed by atoms with Gasteiger partial charge < -0.3 is 9.94 Å². The quantitative estimate of drug-likeness (QED) is 0.810. The van der Waals surface area contributed by atoms with Crippen molar-refractivity contribution < 1.29 is 9.94 Å². The van der Waals surface area contributed by atoms with Crippen molar-refractivity contribution in [3.8, 4) is 0 Å². The summed E-state index contributed by atoms with van der Waals surface area (Å²) < 4.78 is 0. The molecule has 0 saturated heterocycles. The van der Waals surface area contributed by atoms with Crippen molar-refractivity contribution in [2.45, 2.75) is 51.2 Å². The lowest BCUT2D eigenvalue weighted by Gasteiger charge is -2.24. The molecule has 0 radical (unpaired) electrons. The molecule has 1 N–H and O–H groups in total. The fraction of sp³-hybridized carbons (Fsp3) is 0.533. The molecule has 2 unspecified atom stereocenters. The highest BCUT2D eigenvalue weighted by Crippen LogP contribution is 2.37. The molecule has 3 heteroatoms. The summed E-state index contributed by atoms with van der Waals surface area (Å²) in [7, 11) is 0. The Kier molecular flexibility index (Phi) is 4.02. The van der Waals surface area contributed by atoms with Gasteiger partial charge in [0.25, 0.3) is 0 Å². The van der Waals surface area contributed by atoms with Crippen molar-refractivity contribution in [1.29, 1.82) is 0 Å². The van der Waals surface area contributed by atoms with Crippen LogP contribution in [0.15, 0.2) is 35.5 Å². The van der Waals surface area contributed by atoms with Crippen molar-refractivity contribution in [1.82, 2.24) is 0 Å². The third kappa shape index (κ3) is 2.72. The SMILES string of the molecule is CCCCCC1=NOC(C)(O)C1c1ccccc1. The summed E-state index contributed by atoms with van der Waals surface area (Å²) in [5.74, 6) is -1.36. The van der Waals surface area contributed by atoms with Crippen LogP contribution in [0.3, 0.4) is 0 Å². The monoisotopic (exact) mass is 247 g/mol. The average Bonchev–Trinajstić information content (AvgIpc) is 2.66. The molecule has 0 spiro atoms. The van der Waals surface area contributed by atoms with Crippen molar-refractivity contribution >= 4 is 5.71 Å². The Morgan fingerprint density at radius 3 is 2.67 bits per heavy atom. The van der Waals surface area contributed by atoms with E-state index in [4.69, 9.17) is 4.84 Å². The fourth-order valence-electron chi connectivity index (χ4n) is 2.46. The maximum absolute atomic E-state index is 10.3. The topological polar surface area (TPSA) is 41.8 Å². The average molecular weight is 247 g/mol. The summed E-state index contributed by atoms with van der Waals surface area (Å²) in [5.41, 5.74) is 2.02. The number of unbranched alkanes of at least 4 members (excludes halogenated alkanes) is 2. The second kappa shape index (κ2) is 5.53. The first-order valence-corrected chi connectivity index (χ1v) is 6.67. The van der Waals surface area contributed by atoms with Gasteiger partial charge in [-0.05, 0) is 18.4 Å². The summed E-state index contributed by atoms with van der Waals surface area (Å²) >= 11 is 0. The smallest absolute Gasteiger partial charge is 0.243 e.